The van der Waals surface area contributed by atoms with Gasteiger partial charge in [-0.3, -0.25) is 10.2 Å². The van der Waals surface area contributed by atoms with Crippen LogP contribution in [0, 0.1) is 5.41 Å². The number of halogens is 3. The fraction of sp³-hybridized carbons (Fsp3) is 0.632. The first-order valence-electron chi connectivity index (χ1n) is 9.00. The van der Waals surface area contributed by atoms with Crippen LogP contribution >= 0.6 is 0 Å². The van der Waals surface area contributed by atoms with E-state index in [-0.39, 0.29) is 18.9 Å². The van der Waals surface area contributed by atoms with Crippen LogP contribution in [-0.2, 0) is 11.2 Å². The van der Waals surface area contributed by atoms with E-state index in [2.05, 4.69) is 5.43 Å². The highest BCUT2D eigenvalue weighted by molar-refractivity contribution is 5.83. The summed E-state index contributed by atoms with van der Waals surface area (Å²) in [6.07, 6.45) is -2.72. The van der Waals surface area contributed by atoms with Crippen LogP contribution in [0.25, 0.3) is 0 Å². The highest BCUT2D eigenvalue weighted by Crippen LogP contribution is 2.33. The number of rotatable bonds is 8. The number of para-hydroxylation sites is 1. The van der Waals surface area contributed by atoms with Crippen molar-refractivity contribution in [2.45, 2.75) is 58.7 Å². The van der Waals surface area contributed by atoms with Crippen molar-refractivity contribution in [1.29, 1.82) is 0 Å². The highest BCUT2D eigenvalue weighted by atomic mass is 19.4. The van der Waals surface area contributed by atoms with Gasteiger partial charge < -0.3 is 4.74 Å². The fourth-order valence-corrected chi connectivity index (χ4v) is 3.16. The van der Waals surface area contributed by atoms with Crippen LogP contribution in [0.2, 0.25) is 0 Å². The van der Waals surface area contributed by atoms with E-state index in [0.29, 0.717) is 25.9 Å². The maximum atomic E-state index is 13.5. The standard InChI is InChI=1S/C19H27F3N2O2/c1-4-26-15-11-7-5-9-14(15)10-6-8-12-16(19(20,21)22)24-13-18(2,3)17(25)23-24/h5,7,9,11,16H,4,6,8,10,12-13H2,1-3H3,(H,23,25)/t16-/m0/s1. The molecule has 1 heterocycles. The summed E-state index contributed by atoms with van der Waals surface area (Å²) in [6, 6.07) is 5.94. The summed E-state index contributed by atoms with van der Waals surface area (Å²) in [5, 5.41) is 1.05. The molecule has 1 fully saturated rings. The zero-order valence-electron chi connectivity index (χ0n) is 15.5. The minimum atomic E-state index is -4.38. The van der Waals surface area contributed by atoms with Crippen LogP contribution in [0.4, 0.5) is 13.2 Å². The molecule has 7 heteroatoms. The van der Waals surface area contributed by atoms with Gasteiger partial charge in [-0.1, -0.05) is 24.6 Å². The van der Waals surface area contributed by atoms with Gasteiger partial charge in [0.2, 0.25) is 5.91 Å². The van der Waals surface area contributed by atoms with Gasteiger partial charge in [-0.2, -0.15) is 13.2 Å². The Morgan fingerprint density at radius 2 is 1.96 bits per heavy atom. The Morgan fingerprint density at radius 3 is 2.54 bits per heavy atom. The van der Waals surface area contributed by atoms with Gasteiger partial charge in [0, 0.05) is 6.54 Å². The van der Waals surface area contributed by atoms with Crippen molar-refractivity contribution in [3.8, 4) is 5.75 Å². The van der Waals surface area contributed by atoms with Crippen molar-refractivity contribution in [1.82, 2.24) is 10.4 Å². The molecule has 1 atom stereocenters. The molecule has 0 aliphatic carbocycles. The van der Waals surface area contributed by atoms with E-state index >= 15 is 0 Å². The van der Waals surface area contributed by atoms with Crippen LogP contribution in [-0.4, -0.2) is 36.3 Å². The lowest BCUT2D eigenvalue weighted by atomic mass is 9.94. The molecule has 1 aliphatic heterocycles. The third-order valence-corrected chi connectivity index (χ3v) is 4.63. The summed E-state index contributed by atoms with van der Waals surface area (Å²) < 4.78 is 45.9. The number of hydrogen-bond donors (Lipinski definition) is 1. The number of carbonyl (C=O) groups is 1. The second kappa shape index (κ2) is 8.29. The number of amides is 1. The zero-order valence-corrected chi connectivity index (χ0v) is 15.5. The SMILES string of the molecule is CCOc1ccccc1CCCC[C@H](N1CC(C)(C)C(=O)N1)C(F)(F)F. The van der Waals surface area contributed by atoms with Gasteiger partial charge in [0.15, 0.2) is 0 Å². The third-order valence-electron chi connectivity index (χ3n) is 4.63. The Morgan fingerprint density at radius 1 is 1.27 bits per heavy atom. The van der Waals surface area contributed by atoms with E-state index in [0.717, 1.165) is 16.3 Å². The lowest BCUT2D eigenvalue weighted by Crippen LogP contribution is -2.49. The Hall–Kier alpha value is -1.76. The molecule has 0 unspecified atom stereocenters. The molecule has 2 rings (SSSR count). The Balaban J connectivity index is 1.92. The van der Waals surface area contributed by atoms with Crippen molar-refractivity contribution in [2.24, 2.45) is 5.41 Å². The summed E-state index contributed by atoms with van der Waals surface area (Å²) >= 11 is 0. The van der Waals surface area contributed by atoms with Crippen molar-refractivity contribution in [2.75, 3.05) is 13.2 Å². The first-order chi connectivity index (χ1) is 12.1. The summed E-state index contributed by atoms with van der Waals surface area (Å²) in [7, 11) is 0. The Bertz CT molecular complexity index is 617. The van der Waals surface area contributed by atoms with Crippen LogP contribution < -0.4 is 10.2 Å². The number of nitrogens with zero attached hydrogens (tertiary/aromatic N) is 1. The van der Waals surface area contributed by atoms with Crippen molar-refractivity contribution < 1.29 is 22.7 Å². The molecule has 1 aromatic rings. The molecular weight excluding hydrogens is 345 g/mol. The average Bonchev–Trinajstić information content (AvgIpc) is 2.80. The van der Waals surface area contributed by atoms with Crippen LogP contribution in [0.1, 0.15) is 45.6 Å². The third kappa shape index (κ3) is 5.13. The maximum absolute atomic E-state index is 13.5. The highest BCUT2D eigenvalue weighted by Gasteiger charge is 2.49. The van der Waals surface area contributed by atoms with Crippen LogP contribution in [0.3, 0.4) is 0 Å². The van der Waals surface area contributed by atoms with Crippen molar-refractivity contribution in [3.05, 3.63) is 29.8 Å². The van der Waals surface area contributed by atoms with Gasteiger partial charge in [-0.15, -0.1) is 0 Å². The molecule has 0 aromatic heterocycles. The molecule has 1 aromatic carbocycles. The van der Waals surface area contributed by atoms with E-state index in [1.54, 1.807) is 13.8 Å². The fourth-order valence-electron chi connectivity index (χ4n) is 3.16. The van der Waals surface area contributed by atoms with Gasteiger partial charge in [0.05, 0.1) is 12.0 Å². The monoisotopic (exact) mass is 372 g/mol. The van der Waals surface area contributed by atoms with E-state index in [1.165, 1.54) is 0 Å². The Kier molecular flexibility index (Phi) is 6.55. The largest absolute Gasteiger partial charge is 0.494 e. The maximum Gasteiger partial charge on any atom is 0.405 e. The number of aryl methyl sites for hydroxylation is 1. The van der Waals surface area contributed by atoms with Crippen molar-refractivity contribution in [3.63, 3.8) is 0 Å². The van der Waals surface area contributed by atoms with Crippen LogP contribution in [0.5, 0.6) is 5.75 Å². The number of hydrogen-bond acceptors (Lipinski definition) is 3. The Labute approximate surface area is 152 Å². The molecule has 0 spiro atoms. The normalized spacial score (nSPS) is 18.6. The van der Waals surface area contributed by atoms with Gasteiger partial charge >= 0.3 is 6.18 Å². The summed E-state index contributed by atoms with van der Waals surface area (Å²) in [6.45, 7) is 5.82. The molecule has 1 N–H and O–H groups in total. The minimum absolute atomic E-state index is 0.0450. The lowest BCUT2D eigenvalue weighted by molar-refractivity contribution is -0.190. The summed E-state index contributed by atoms with van der Waals surface area (Å²) in [4.78, 5) is 11.8. The minimum Gasteiger partial charge on any atom is -0.494 e. The first kappa shape index (κ1) is 20.6. The molecule has 0 bridgehead atoms. The van der Waals surface area contributed by atoms with Gasteiger partial charge in [-0.25, -0.2) is 5.01 Å². The first-order valence-corrected chi connectivity index (χ1v) is 9.00. The second-order valence-electron chi connectivity index (χ2n) is 7.30. The van der Waals surface area contributed by atoms with Gasteiger partial charge in [0.25, 0.3) is 0 Å². The number of carbonyl (C=O) groups excluding carboxylic acids is 1. The lowest BCUT2D eigenvalue weighted by Gasteiger charge is -2.29. The van der Waals surface area contributed by atoms with E-state index in [1.807, 2.05) is 31.2 Å². The number of nitrogens with one attached hydrogen (secondary N) is 1. The molecule has 1 amide bonds. The zero-order chi connectivity index (χ0) is 19.4. The molecule has 4 nitrogen and oxygen atoms in total. The molecule has 0 radical (unpaired) electrons. The molecule has 0 saturated carbocycles. The second-order valence-corrected chi connectivity index (χ2v) is 7.30. The molecule has 1 aliphatic rings. The molecule has 26 heavy (non-hydrogen) atoms. The molecule has 146 valence electrons. The van der Waals surface area contributed by atoms with Crippen molar-refractivity contribution >= 4 is 5.91 Å². The predicted molar refractivity (Wildman–Crippen MR) is 93.6 cm³/mol. The van der Waals surface area contributed by atoms with E-state index < -0.39 is 17.6 Å². The summed E-state index contributed by atoms with van der Waals surface area (Å²) in [5.41, 5.74) is 2.59. The van der Waals surface area contributed by atoms with Crippen LogP contribution in [0.15, 0.2) is 24.3 Å². The molecule has 1 saturated heterocycles. The smallest absolute Gasteiger partial charge is 0.405 e. The average molecular weight is 372 g/mol. The quantitative estimate of drug-likeness (QED) is 0.699. The number of unbranched alkanes of at least 4 members (excludes halogenated alkanes) is 1. The van der Waals surface area contributed by atoms with Gasteiger partial charge in [0.1, 0.15) is 11.8 Å². The van der Waals surface area contributed by atoms with E-state index in [4.69, 9.17) is 4.74 Å². The molecular formula is C19H27F3N2O2. The number of hydrazine groups is 1. The topological polar surface area (TPSA) is 41.6 Å². The number of ether oxygens (including phenoxy) is 1. The number of alkyl halides is 3. The van der Waals surface area contributed by atoms with Gasteiger partial charge in [-0.05, 0) is 51.7 Å². The predicted octanol–water partition coefficient (Wildman–Crippen LogP) is 4.10. The number of benzene rings is 1. The van der Waals surface area contributed by atoms with E-state index in [9.17, 15) is 18.0 Å². The summed E-state index contributed by atoms with van der Waals surface area (Å²) in [5.74, 6) is 0.424.